The van der Waals surface area contributed by atoms with E-state index in [9.17, 15) is 0 Å². The highest BCUT2D eigenvalue weighted by Crippen LogP contribution is 2.37. The van der Waals surface area contributed by atoms with Crippen LogP contribution in [0.4, 0.5) is 5.69 Å². The van der Waals surface area contributed by atoms with Crippen molar-refractivity contribution in [1.29, 1.82) is 0 Å². The van der Waals surface area contributed by atoms with E-state index in [-0.39, 0.29) is 16.9 Å². The molecule has 0 aromatic heterocycles. The summed E-state index contributed by atoms with van der Waals surface area (Å²) in [7, 11) is 0. The average Bonchev–Trinajstić information content (AvgIpc) is 3.19. The molecule has 1 unspecified atom stereocenters. The van der Waals surface area contributed by atoms with Crippen molar-refractivity contribution in [3.05, 3.63) is 101 Å². The van der Waals surface area contributed by atoms with Crippen molar-refractivity contribution in [1.82, 2.24) is 0 Å². The quantitative estimate of drug-likeness (QED) is 0.433. The molecule has 0 radical (unpaired) electrons. The molecule has 31 heavy (non-hydrogen) atoms. The van der Waals surface area contributed by atoms with Gasteiger partial charge in [0.2, 0.25) is 0 Å². The van der Waals surface area contributed by atoms with Crippen molar-refractivity contribution >= 4 is 11.4 Å². The Bertz CT molecular complexity index is 1050. The minimum atomic E-state index is 0.144. The molecule has 1 heterocycles. The monoisotopic (exact) mass is 410 g/mol. The van der Waals surface area contributed by atoms with Crippen molar-refractivity contribution in [2.24, 2.45) is 5.10 Å². The summed E-state index contributed by atoms with van der Waals surface area (Å²) in [6.45, 7) is 13.5. The van der Waals surface area contributed by atoms with Crippen LogP contribution >= 0.6 is 0 Å². The van der Waals surface area contributed by atoms with Gasteiger partial charge < -0.3 is 0 Å². The zero-order valence-corrected chi connectivity index (χ0v) is 19.7. The van der Waals surface area contributed by atoms with Crippen LogP contribution in [0.3, 0.4) is 0 Å². The van der Waals surface area contributed by atoms with E-state index >= 15 is 0 Å². The summed E-state index contributed by atoms with van der Waals surface area (Å²) in [5.74, 6) is 0. The van der Waals surface area contributed by atoms with E-state index < -0.39 is 0 Å². The van der Waals surface area contributed by atoms with Gasteiger partial charge in [0.15, 0.2) is 0 Å². The first-order chi connectivity index (χ1) is 14.6. The number of hydrogen-bond donors (Lipinski definition) is 0. The second-order valence-electron chi connectivity index (χ2n) is 10.6. The van der Waals surface area contributed by atoms with E-state index in [1.54, 1.807) is 0 Å². The second-order valence-corrected chi connectivity index (χ2v) is 10.6. The summed E-state index contributed by atoms with van der Waals surface area (Å²) >= 11 is 0. The van der Waals surface area contributed by atoms with Gasteiger partial charge in [-0.15, -0.1) is 0 Å². The Morgan fingerprint density at radius 2 is 1.19 bits per heavy atom. The van der Waals surface area contributed by atoms with Gasteiger partial charge in [-0.3, -0.25) is 5.01 Å². The zero-order chi connectivity index (χ0) is 22.2. The topological polar surface area (TPSA) is 15.6 Å². The van der Waals surface area contributed by atoms with E-state index in [0.29, 0.717) is 0 Å². The van der Waals surface area contributed by atoms with E-state index in [4.69, 9.17) is 5.10 Å². The minimum absolute atomic E-state index is 0.144. The highest BCUT2D eigenvalue weighted by atomic mass is 15.5. The Labute approximate surface area is 187 Å². The van der Waals surface area contributed by atoms with Crippen LogP contribution in [0.2, 0.25) is 0 Å². The van der Waals surface area contributed by atoms with Crippen LogP contribution in [0.5, 0.6) is 0 Å². The van der Waals surface area contributed by atoms with Gasteiger partial charge in [-0.2, -0.15) is 5.10 Å². The first-order valence-electron chi connectivity index (χ1n) is 11.3. The Balaban J connectivity index is 1.70. The molecule has 2 heteroatoms. The summed E-state index contributed by atoms with van der Waals surface area (Å²) in [5.41, 5.74) is 7.79. The maximum Gasteiger partial charge on any atom is 0.0831 e. The van der Waals surface area contributed by atoms with Crippen LogP contribution in [-0.2, 0) is 10.8 Å². The summed E-state index contributed by atoms with van der Waals surface area (Å²) in [6.07, 6.45) is 0.903. The van der Waals surface area contributed by atoms with Crippen molar-refractivity contribution in [3.63, 3.8) is 0 Å². The number of hydrazone groups is 1. The summed E-state index contributed by atoms with van der Waals surface area (Å²) in [5, 5.41) is 7.32. The predicted octanol–water partition coefficient (Wildman–Crippen LogP) is 7.64. The maximum absolute atomic E-state index is 5.12. The number of nitrogens with zero attached hydrogens (tertiary/aromatic N) is 2. The molecule has 1 aliphatic heterocycles. The largest absolute Gasteiger partial charge is 0.257 e. The van der Waals surface area contributed by atoms with Crippen molar-refractivity contribution in [2.75, 3.05) is 5.01 Å². The normalized spacial score (nSPS) is 17.0. The van der Waals surface area contributed by atoms with E-state index in [2.05, 4.69) is 125 Å². The minimum Gasteiger partial charge on any atom is -0.257 e. The fourth-order valence-electron chi connectivity index (χ4n) is 4.13. The molecular formula is C29H34N2. The van der Waals surface area contributed by atoms with Crippen molar-refractivity contribution in [3.8, 4) is 0 Å². The lowest BCUT2D eigenvalue weighted by Gasteiger charge is -2.25. The predicted molar refractivity (Wildman–Crippen MR) is 133 cm³/mol. The van der Waals surface area contributed by atoms with Crippen LogP contribution in [0, 0.1) is 0 Å². The Morgan fingerprint density at radius 3 is 1.71 bits per heavy atom. The highest BCUT2D eigenvalue weighted by Gasteiger charge is 2.30. The molecule has 0 aliphatic carbocycles. The fraction of sp³-hybridized carbons (Fsp3) is 0.345. The second kappa shape index (κ2) is 8.00. The van der Waals surface area contributed by atoms with Crippen molar-refractivity contribution in [2.45, 2.75) is 64.8 Å². The standard InChI is InChI=1S/C29H34N2/c1-28(2,3)23-14-12-21(13-15-23)26-20-27(22-10-8-7-9-11-22)31(30-26)25-18-16-24(17-19-25)29(4,5)6/h7-19,27H,20H2,1-6H3. The van der Waals surface area contributed by atoms with Crippen LogP contribution in [-0.4, -0.2) is 5.71 Å². The molecule has 3 aromatic carbocycles. The molecule has 0 bridgehead atoms. The van der Waals surface area contributed by atoms with Gasteiger partial charge in [-0.05, 0) is 45.2 Å². The van der Waals surface area contributed by atoms with E-state index in [0.717, 1.165) is 17.8 Å². The first kappa shape index (κ1) is 21.4. The highest BCUT2D eigenvalue weighted by molar-refractivity contribution is 6.03. The number of benzene rings is 3. The summed E-state index contributed by atoms with van der Waals surface area (Å²) in [4.78, 5) is 0. The van der Waals surface area contributed by atoms with E-state index in [1.165, 1.54) is 22.3 Å². The smallest absolute Gasteiger partial charge is 0.0831 e. The van der Waals surface area contributed by atoms with E-state index in [1.807, 2.05) is 0 Å². The lowest BCUT2D eigenvalue weighted by Crippen LogP contribution is -2.19. The fourth-order valence-corrected chi connectivity index (χ4v) is 4.13. The molecule has 0 fully saturated rings. The van der Waals surface area contributed by atoms with Crippen LogP contribution in [0.15, 0.2) is 84.0 Å². The Hall–Kier alpha value is -2.87. The van der Waals surface area contributed by atoms with Gasteiger partial charge in [-0.1, -0.05) is 108 Å². The third kappa shape index (κ3) is 4.58. The average molecular weight is 411 g/mol. The number of hydrogen-bond acceptors (Lipinski definition) is 2. The zero-order valence-electron chi connectivity index (χ0n) is 19.7. The molecule has 0 saturated carbocycles. The van der Waals surface area contributed by atoms with Gasteiger partial charge in [0.05, 0.1) is 17.4 Å². The third-order valence-electron chi connectivity index (χ3n) is 6.18. The van der Waals surface area contributed by atoms with Gasteiger partial charge in [0.25, 0.3) is 0 Å². The molecular weight excluding hydrogens is 376 g/mol. The SMILES string of the molecule is CC(C)(C)c1ccc(C2=NN(c3ccc(C(C)(C)C)cc3)C(c3ccccc3)C2)cc1. The lowest BCUT2D eigenvalue weighted by atomic mass is 9.86. The van der Waals surface area contributed by atoms with Gasteiger partial charge in [-0.25, -0.2) is 0 Å². The maximum atomic E-state index is 5.12. The molecule has 160 valence electrons. The Morgan fingerprint density at radius 1 is 0.677 bits per heavy atom. The molecule has 2 nitrogen and oxygen atoms in total. The van der Waals surface area contributed by atoms with Crippen LogP contribution in [0.25, 0.3) is 0 Å². The van der Waals surface area contributed by atoms with Crippen LogP contribution in [0.1, 0.15) is 76.3 Å². The van der Waals surface area contributed by atoms with Crippen LogP contribution < -0.4 is 5.01 Å². The third-order valence-corrected chi connectivity index (χ3v) is 6.18. The molecule has 1 aliphatic rings. The summed E-state index contributed by atoms with van der Waals surface area (Å²) < 4.78 is 0. The number of rotatable bonds is 3. The molecule has 0 spiro atoms. The molecule has 1 atom stereocenters. The molecule has 4 rings (SSSR count). The molecule has 0 saturated heterocycles. The van der Waals surface area contributed by atoms with Crippen molar-refractivity contribution < 1.29 is 0 Å². The van der Waals surface area contributed by atoms with Gasteiger partial charge in [0.1, 0.15) is 0 Å². The molecule has 3 aromatic rings. The Kier molecular flexibility index (Phi) is 5.51. The molecule has 0 N–H and O–H groups in total. The first-order valence-corrected chi connectivity index (χ1v) is 11.3. The number of anilines is 1. The summed E-state index contributed by atoms with van der Waals surface area (Å²) in [6, 6.07) is 28.8. The molecule has 0 amide bonds. The lowest BCUT2D eigenvalue weighted by molar-refractivity contribution is 0.589. The van der Waals surface area contributed by atoms with Gasteiger partial charge in [0, 0.05) is 6.42 Å². The van der Waals surface area contributed by atoms with Gasteiger partial charge >= 0.3 is 0 Å².